The van der Waals surface area contributed by atoms with Gasteiger partial charge in [-0.3, -0.25) is 9.59 Å². The number of likely N-dealkylation sites (tertiary alicyclic amines) is 1. The van der Waals surface area contributed by atoms with Crippen LogP contribution >= 0.6 is 0 Å². The minimum Gasteiger partial charge on any atom is -0.465 e. The smallest absolute Gasteiger partial charge is 0.465 e. The summed E-state index contributed by atoms with van der Waals surface area (Å²) in [4.78, 5) is 52.1. The third kappa shape index (κ3) is 40.0. The lowest BCUT2D eigenvalue weighted by molar-refractivity contribution is -0.302. The Hall–Kier alpha value is -2.51. The molecule has 0 amide bonds. The number of allylic oxidation sites excluding steroid dienone is 4. The molecule has 0 aromatic carbocycles. The lowest BCUT2D eigenvalue weighted by atomic mass is 9.95. The fourth-order valence-corrected chi connectivity index (χ4v) is 8.07. The standard InChI is InChI=1S/C55H101NO11/c1-6-11-15-19-22-27-34-49(33-26-18-14-9-4)48-67-66-42-31-25-28-36-52(57)62-45-51(47-65-55(59)64-44-50-35-32-39-56(10-5)43-50)46-63-53(58)37-38-54(60-40-29-23-20-16-12-7-2)61-41-30-24-21-17-13-8-3/h12-13,16-17,49-51,54H,6-11,14-15,18-48H2,1-5H3/b16-12-,17-13-. The van der Waals surface area contributed by atoms with Crippen LogP contribution in [0.4, 0.5) is 4.79 Å². The van der Waals surface area contributed by atoms with Gasteiger partial charge in [0, 0.05) is 38.5 Å². The third-order valence-electron chi connectivity index (χ3n) is 12.3. The summed E-state index contributed by atoms with van der Waals surface area (Å²) in [6, 6.07) is 0. The van der Waals surface area contributed by atoms with Gasteiger partial charge in [-0.1, -0.05) is 130 Å². The lowest BCUT2D eigenvalue weighted by Crippen LogP contribution is -2.37. The van der Waals surface area contributed by atoms with Crippen LogP contribution in [-0.4, -0.2) is 102 Å². The number of hydrogen-bond acceptors (Lipinski definition) is 12. The summed E-state index contributed by atoms with van der Waals surface area (Å²) in [5.41, 5.74) is 0. The van der Waals surface area contributed by atoms with Crippen LogP contribution in [-0.2, 0) is 47.8 Å². The molecule has 1 fully saturated rings. The quantitative estimate of drug-likeness (QED) is 0.0110. The number of piperidine rings is 1. The van der Waals surface area contributed by atoms with Gasteiger partial charge in [-0.25, -0.2) is 14.6 Å². The highest BCUT2D eigenvalue weighted by atomic mass is 17.2. The van der Waals surface area contributed by atoms with Gasteiger partial charge in [0.1, 0.15) is 19.8 Å². The molecule has 67 heavy (non-hydrogen) atoms. The Kier molecular flexibility index (Phi) is 44.0. The van der Waals surface area contributed by atoms with E-state index >= 15 is 0 Å². The molecule has 0 radical (unpaired) electrons. The maximum absolute atomic E-state index is 13.0. The average molecular weight is 952 g/mol. The fourth-order valence-electron chi connectivity index (χ4n) is 8.07. The van der Waals surface area contributed by atoms with Crippen molar-refractivity contribution in [3.63, 3.8) is 0 Å². The van der Waals surface area contributed by atoms with E-state index in [4.69, 9.17) is 38.2 Å². The van der Waals surface area contributed by atoms with Crippen molar-refractivity contribution in [1.82, 2.24) is 4.90 Å². The minimum atomic E-state index is -0.775. The highest BCUT2D eigenvalue weighted by Crippen LogP contribution is 2.20. The first-order chi connectivity index (χ1) is 32.8. The summed E-state index contributed by atoms with van der Waals surface area (Å²) in [7, 11) is 0. The molecule has 12 heteroatoms. The summed E-state index contributed by atoms with van der Waals surface area (Å²) in [6.45, 7) is 16.1. The first-order valence-corrected chi connectivity index (χ1v) is 27.4. The Bertz CT molecular complexity index is 1170. The van der Waals surface area contributed by atoms with Crippen molar-refractivity contribution in [3.8, 4) is 0 Å². The summed E-state index contributed by atoms with van der Waals surface area (Å²) < 4.78 is 34.4. The molecule has 0 spiro atoms. The van der Waals surface area contributed by atoms with Crippen molar-refractivity contribution in [2.24, 2.45) is 17.8 Å². The van der Waals surface area contributed by atoms with Crippen LogP contribution in [0.5, 0.6) is 0 Å². The van der Waals surface area contributed by atoms with E-state index in [1.165, 1.54) is 77.0 Å². The fraction of sp³-hybridized carbons (Fsp3) is 0.873. The van der Waals surface area contributed by atoms with Gasteiger partial charge >= 0.3 is 18.1 Å². The third-order valence-corrected chi connectivity index (χ3v) is 12.3. The molecule has 12 nitrogen and oxygen atoms in total. The molecule has 1 heterocycles. The highest BCUT2D eigenvalue weighted by molar-refractivity contribution is 5.69. The molecule has 0 aromatic rings. The number of carbonyl (C=O) groups is 3. The van der Waals surface area contributed by atoms with Crippen LogP contribution < -0.4 is 0 Å². The second kappa shape index (κ2) is 47.2. The number of esters is 2. The van der Waals surface area contributed by atoms with E-state index in [0.717, 1.165) is 96.7 Å². The second-order valence-corrected chi connectivity index (χ2v) is 18.7. The van der Waals surface area contributed by atoms with Crippen molar-refractivity contribution in [1.29, 1.82) is 0 Å². The van der Waals surface area contributed by atoms with E-state index < -0.39 is 24.3 Å². The first-order valence-electron chi connectivity index (χ1n) is 27.4. The molecule has 3 atom stereocenters. The Balaban J connectivity index is 2.60. The number of rotatable bonds is 47. The van der Waals surface area contributed by atoms with Gasteiger partial charge < -0.3 is 33.3 Å². The van der Waals surface area contributed by atoms with Crippen LogP contribution in [0.1, 0.15) is 214 Å². The summed E-state index contributed by atoms with van der Waals surface area (Å²) >= 11 is 0. The molecule has 392 valence electrons. The monoisotopic (exact) mass is 952 g/mol. The van der Waals surface area contributed by atoms with Crippen LogP contribution in [0.15, 0.2) is 24.3 Å². The topological polar surface area (TPSA) is 128 Å². The molecule has 1 aliphatic rings. The highest BCUT2D eigenvalue weighted by Gasteiger charge is 2.23. The average Bonchev–Trinajstić information content (AvgIpc) is 3.34. The lowest BCUT2D eigenvalue weighted by Gasteiger charge is -2.31. The predicted molar refractivity (Wildman–Crippen MR) is 270 cm³/mol. The van der Waals surface area contributed by atoms with Gasteiger partial charge in [-0.2, -0.15) is 0 Å². The van der Waals surface area contributed by atoms with Crippen LogP contribution in [0, 0.1) is 17.8 Å². The number of carbonyl (C=O) groups excluding carboxylic acids is 3. The number of unbranched alkanes of at least 4 members (excludes halogenated alkanes) is 14. The van der Waals surface area contributed by atoms with Crippen LogP contribution in [0.25, 0.3) is 0 Å². The van der Waals surface area contributed by atoms with E-state index in [9.17, 15) is 14.4 Å². The Morgan fingerprint density at radius 1 is 0.537 bits per heavy atom. The second-order valence-electron chi connectivity index (χ2n) is 18.7. The van der Waals surface area contributed by atoms with Crippen molar-refractivity contribution in [3.05, 3.63) is 24.3 Å². The summed E-state index contributed by atoms with van der Waals surface area (Å²) in [6.07, 6.45) is 35.7. The molecule has 1 aliphatic heterocycles. The largest absolute Gasteiger partial charge is 0.508 e. The van der Waals surface area contributed by atoms with Gasteiger partial charge in [0.2, 0.25) is 0 Å². The molecule has 1 rings (SSSR count). The molecule has 0 N–H and O–H groups in total. The molecular weight excluding hydrogens is 851 g/mol. The number of nitrogens with zero attached hydrogens (tertiary/aromatic N) is 1. The van der Waals surface area contributed by atoms with E-state index in [2.05, 4.69) is 63.8 Å². The maximum Gasteiger partial charge on any atom is 0.508 e. The molecule has 0 aliphatic carbocycles. The Labute approximate surface area is 409 Å². The van der Waals surface area contributed by atoms with Crippen molar-refractivity contribution in [2.45, 2.75) is 221 Å². The minimum absolute atomic E-state index is 0.0570. The van der Waals surface area contributed by atoms with Crippen molar-refractivity contribution in [2.75, 3.05) is 72.5 Å². The zero-order valence-corrected chi connectivity index (χ0v) is 43.6. The molecule has 0 aromatic heterocycles. The molecule has 3 unspecified atom stereocenters. The normalized spacial score (nSPS) is 15.4. The number of hydrogen-bond donors (Lipinski definition) is 0. The summed E-state index contributed by atoms with van der Waals surface area (Å²) in [5.74, 6) is -0.529. The van der Waals surface area contributed by atoms with Gasteiger partial charge in [0.15, 0.2) is 6.29 Å². The summed E-state index contributed by atoms with van der Waals surface area (Å²) in [5, 5.41) is 0. The SMILES string of the molecule is CC/C=C\CCCCOC(CCC(=O)OCC(COC(=O)CCCCCOOCC(CCCCCC)CCCCCCCC)COC(=O)OCC1CCCN(CC)C1)OCCCC/C=C\CC. The van der Waals surface area contributed by atoms with E-state index in [-0.39, 0.29) is 51.2 Å². The van der Waals surface area contributed by atoms with Gasteiger partial charge in [-0.15, -0.1) is 0 Å². The molecule has 0 saturated carbocycles. The van der Waals surface area contributed by atoms with Crippen LogP contribution in [0.3, 0.4) is 0 Å². The van der Waals surface area contributed by atoms with Crippen molar-refractivity contribution < 1.29 is 52.6 Å². The van der Waals surface area contributed by atoms with Crippen molar-refractivity contribution >= 4 is 18.1 Å². The molecule has 1 saturated heterocycles. The van der Waals surface area contributed by atoms with Gasteiger partial charge in [-0.05, 0) is 109 Å². The Morgan fingerprint density at radius 3 is 1.73 bits per heavy atom. The van der Waals surface area contributed by atoms with E-state index in [0.29, 0.717) is 45.2 Å². The van der Waals surface area contributed by atoms with Gasteiger partial charge in [0.05, 0.1) is 32.2 Å². The zero-order valence-electron chi connectivity index (χ0n) is 43.6. The molecular formula is C55H101NO11. The van der Waals surface area contributed by atoms with Gasteiger partial charge in [0.25, 0.3) is 0 Å². The Morgan fingerprint density at radius 2 is 1.10 bits per heavy atom. The first kappa shape index (κ1) is 62.5. The predicted octanol–water partition coefficient (Wildman–Crippen LogP) is 13.8. The maximum atomic E-state index is 13.0. The zero-order chi connectivity index (χ0) is 48.7. The van der Waals surface area contributed by atoms with Crippen LogP contribution in [0.2, 0.25) is 0 Å². The number of ether oxygens (including phenoxy) is 6. The molecule has 0 bridgehead atoms. The van der Waals surface area contributed by atoms with E-state index in [1.54, 1.807) is 0 Å². The van der Waals surface area contributed by atoms with E-state index in [1.807, 2.05) is 0 Å².